The van der Waals surface area contributed by atoms with Crippen LogP contribution < -0.4 is 5.32 Å². The van der Waals surface area contributed by atoms with Crippen molar-refractivity contribution in [3.05, 3.63) is 0 Å². The summed E-state index contributed by atoms with van der Waals surface area (Å²) in [5, 5.41) is 4.38. The number of ether oxygens (including phenoxy) is 2. The molecule has 1 radical (unpaired) electrons. The Bertz CT molecular complexity index is 133. The second-order valence-electron chi connectivity index (χ2n) is 4.80. The van der Waals surface area contributed by atoms with Crippen molar-refractivity contribution in [2.24, 2.45) is 11.8 Å². The topological polar surface area (TPSA) is 32.6 Å². The summed E-state index contributed by atoms with van der Waals surface area (Å²) in [4.78, 5) is 0. The summed E-state index contributed by atoms with van der Waals surface area (Å²) >= 11 is 0. The summed E-state index contributed by atoms with van der Waals surface area (Å²) in [6, 6.07) is 0. The lowest BCUT2D eigenvalue weighted by molar-refractivity contribution is -0.0465. The molecule has 0 rings (SSSR count). The Morgan fingerprint density at radius 1 is 0.733 bits per heavy atom. The van der Waals surface area contributed by atoms with E-state index < -0.39 is 0 Å². The van der Waals surface area contributed by atoms with Crippen LogP contribution in [0.25, 0.3) is 0 Å². The van der Waals surface area contributed by atoms with Gasteiger partial charge in [-0.05, 0) is 25.7 Å². The molecular weight excluding hydrogens is 190 g/mol. The lowest BCUT2D eigenvalue weighted by Crippen LogP contribution is -2.33. The molecule has 0 aliphatic carbocycles. The molecule has 0 saturated heterocycles. The van der Waals surface area contributed by atoms with Crippen molar-refractivity contribution in [2.45, 2.75) is 54.0 Å². The van der Waals surface area contributed by atoms with Crippen molar-refractivity contribution in [3.63, 3.8) is 0 Å². The molecule has 0 saturated carbocycles. The number of hydrogen-bond acceptors (Lipinski definition) is 2. The average Bonchev–Trinajstić information content (AvgIpc) is 2.11. The van der Waals surface area contributed by atoms with Crippen molar-refractivity contribution in [1.82, 2.24) is 5.32 Å². The number of rotatable bonds is 8. The van der Waals surface area contributed by atoms with Gasteiger partial charge in [0.15, 0.2) is 0 Å². The molecule has 0 heterocycles. The fourth-order valence-corrected chi connectivity index (χ4v) is 1.05. The van der Waals surface area contributed by atoms with Crippen LogP contribution in [0.1, 0.15) is 41.5 Å². The molecule has 2 unspecified atom stereocenters. The summed E-state index contributed by atoms with van der Waals surface area (Å²) in [5.41, 5.74) is 0. The molecule has 15 heavy (non-hydrogen) atoms. The second-order valence-corrected chi connectivity index (χ2v) is 4.80. The Kier molecular flexibility index (Phi) is 8.02. The molecular formula is C12H26NO2. The van der Waals surface area contributed by atoms with Gasteiger partial charge in [-0.15, -0.1) is 0 Å². The lowest BCUT2D eigenvalue weighted by Gasteiger charge is -2.20. The van der Waals surface area contributed by atoms with Crippen molar-refractivity contribution < 1.29 is 9.47 Å². The highest BCUT2D eigenvalue weighted by Gasteiger charge is 2.10. The van der Waals surface area contributed by atoms with Crippen molar-refractivity contribution >= 4 is 0 Å². The van der Waals surface area contributed by atoms with Gasteiger partial charge in [-0.1, -0.05) is 27.7 Å². The molecule has 0 aliphatic rings. The van der Waals surface area contributed by atoms with Crippen LogP contribution in [-0.2, 0) is 9.47 Å². The van der Waals surface area contributed by atoms with Gasteiger partial charge in [-0.3, -0.25) is 0 Å². The van der Waals surface area contributed by atoms with Gasteiger partial charge in [0.1, 0.15) is 12.5 Å². The Hall–Kier alpha value is -0.120. The molecule has 0 amide bonds. The standard InChI is InChI=1S/C12H26NO2/c1-9(2)7-14-11(5)13-12(6)15-8-10(3)4/h9-12H,7-8H2,1-6H3. The molecule has 0 bridgehead atoms. The van der Waals surface area contributed by atoms with Gasteiger partial charge in [-0.25, -0.2) is 0 Å². The van der Waals surface area contributed by atoms with Crippen LogP contribution >= 0.6 is 0 Å². The maximum absolute atomic E-state index is 5.53. The summed E-state index contributed by atoms with van der Waals surface area (Å²) in [6.45, 7) is 13.9. The van der Waals surface area contributed by atoms with E-state index in [1.165, 1.54) is 0 Å². The third-order valence-electron chi connectivity index (χ3n) is 1.76. The fourth-order valence-electron chi connectivity index (χ4n) is 1.05. The van der Waals surface area contributed by atoms with Gasteiger partial charge in [-0.2, -0.15) is 5.32 Å². The normalized spacial score (nSPS) is 16.0. The number of hydrogen-bond donors (Lipinski definition) is 0. The van der Waals surface area contributed by atoms with Crippen molar-refractivity contribution in [3.8, 4) is 0 Å². The van der Waals surface area contributed by atoms with E-state index in [2.05, 4.69) is 33.0 Å². The Balaban J connectivity index is 3.52. The molecule has 2 atom stereocenters. The SMILES string of the molecule is CC(C)COC(C)[N]C(C)OCC(C)C. The van der Waals surface area contributed by atoms with Gasteiger partial charge in [0.2, 0.25) is 0 Å². The third kappa shape index (κ3) is 10.2. The van der Waals surface area contributed by atoms with Crippen LogP contribution in [0.15, 0.2) is 0 Å². The maximum atomic E-state index is 5.53. The van der Waals surface area contributed by atoms with E-state index in [0.717, 1.165) is 13.2 Å². The molecule has 0 aromatic rings. The Labute approximate surface area is 94.5 Å². The zero-order valence-electron chi connectivity index (χ0n) is 11.0. The molecule has 3 heteroatoms. The lowest BCUT2D eigenvalue weighted by atomic mass is 10.2. The molecule has 91 valence electrons. The zero-order chi connectivity index (χ0) is 11.8. The minimum absolute atomic E-state index is 0.0745. The summed E-state index contributed by atoms with van der Waals surface area (Å²) in [5.74, 6) is 1.10. The fraction of sp³-hybridized carbons (Fsp3) is 1.00. The first-order valence-electron chi connectivity index (χ1n) is 5.85. The predicted molar refractivity (Wildman–Crippen MR) is 62.6 cm³/mol. The van der Waals surface area contributed by atoms with Crippen LogP contribution in [-0.4, -0.2) is 25.7 Å². The third-order valence-corrected chi connectivity index (χ3v) is 1.76. The zero-order valence-corrected chi connectivity index (χ0v) is 11.0. The molecule has 0 N–H and O–H groups in total. The van der Waals surface area contributed by atoms with E-state index in [1.54, 1.807) is 0 Å². The molecule has 0 aromatic heterocycles. The van der Waals surface area contributed by atoms with E-state index in [9.17, 15) is 0 Å². The average molecular weight is 216 g/mol. The highest BCUT2D eigenvalue weighted by Crippen LogP contribution is 2.01. The van der Waals surface area contributed by atoms with Crippen LogP contribution in [0.2, 0.25) is 0 Å². The highest BCUT2D eigenvalue weighted by molar-refractivity contribution is 4.52. The number of nitrogens with zero attached hydrogens (tertiary/aromatic N) is 1. The molecule has 0 aliphatic heterocycles. The van der Waals surface area contributed by atoms with Gasteiger partial charge in [0.25, 0.3) is 0 Å². The van der Waals surface area contributed by atoms with Crippen LogP contribution in [0, 0.1) is 11.8 Å². The molecule has 0 aromatic carbocycles. The monoisotopic (exact) mass is 216 g/mol. The van der Waals surface area contributed by atoms with Crippen molar-refractivity contribution in [1.29, 1.82) is 0 Å². The smallest absolute Gasteiger partial charge is 0.123 e. The largest absolute Gasteiger partial charge is 0.362 e. The minimum atomic E-state index is -0.0745. The second kappa shape index (κ2) is 8.08. The van der Waals surface area contributed by atoms with Crippen molar-refractivity contribution in [2.75, 3.05) is 13.2 Å². The van der Waals surface area contributed by atoms with E-state index in [1.807, 2.05) is 13.8 Å². The summed E-state index contributed by atoms with van der Waals surface area (Å²) < 4.78 is 11.1. The molecule has 0 spiro atoms. The van der Waals surface area contributed by atoms with E-state index in [-0.39, 0.29) is 12.5 Å². The van der Waals surface area contributed by atoms with Crippen LogP contribution in [0.3, 0.4) is 0 Å². The van der Waals surface area contributed by atoms with E-state index in [0.29, 0.717) is 11.8 Å². The summed E-state index contributed by atoms with van der Waals surface area (Å²) in [7, 11) is 0. The Morgan fingerprint density at radius 3 is 1.33 bits per heavy atom. The minimum Gasteiger partial charge on any atom is -0.362 e. The van der Waals surface area contributed by atoms with E-state index in [4.69, 9.17) is 9.47 Å². The van der Waals surface area contributed by atoms with E-state index >= 15 is 0 Å². The van der Waals surface area contributed by atoms with Gasteiger partial charge < -0.3 is 9.47 Å². The first kappa shape index (κ1) is 14.9. The highest BCUT2D eigenvalue weighted by atomic mass is 16.5. The van der Waals surface area contributed by atoms with Crippen LogP contribution in [0.5, 0.6) is 0 Å². The predicted octanol–water partition coefficient (Wildman–Crippen LogP) is 2.63. The molecule has 0 fully saturated rings. The van der Waals surface area contributed by atoms with Gasteiger partial charge in [0.05, 0.1) is 13.2 Å². The quantitative estimate of drug-likeness (QED) is 0.625. The summed E-state index contributed by atoms with van der Waals surface area (Å²) in [6.07, 6.45) is -0.149. The Morgan fingerprint density at radius 2 is 1.07 bits per heavy atom. The van der Waals surface area contributed by atoms with Crippen LogP contribution in [0.4, 0.5) is 0 Å². The molecule has 3 nitrogen and oxygen atoms in total. The van der Waals surface area contributed by atoms with Gasteiger partial charge in [0, 0.05) is 0 Å². The maximum Gasteiger partial charge on any atom is 0.123 e. The van der Waals surface area contributed by atoms with Gasteiger partial charge >= 0.3 is 0 Å². The first-order chi connectivity index (χ1) is 6.91. The first-order valence-corrected chi connectivity index (χ1v) is 5.85.